The normalized spacial score (nSPS) is 10.8. The van der Waals surface area contributed by atoms with Crippen LogP contribution in [0.5, 0.6) is 11.5 Å². The van der Waals surface area contributed by atoms with Crippen molar-refractivity contribution < 1.29 is 23.1 Å². The van der Waals surface area contributed by atoms with E-state index in [0.29, 0.717) is 5.56 Å². The van der Waals surface area contributed by atoms with E-state index >= 15 is 0 Å². The Morgan fingerprint density at radius 3 is 2.28 bits per heavy atom. The molecule has 130 valence electrons. The van der Waals surface area contributed by atoms with Gasteiger partial charge >= 0.3 is 0 Å². The first-order valence-electron chi connectivity index (χ1n) is 7.18. The molecule has 0 spiro atoms. The molecule has 2 aromatic carbocycles. The Morgan fingerprint density at radius 1 is 0.960 bits per heavy atom. The number of fused-ring (bicyclic) bond motifs is 1. The molecule has 0 unspecified atom stereocenters. The molecule has 0 atom stereocenters. The average molecular weight is 348 g/mol. The minimum atomic E-state index is -0.653. The predicted octanol–water partition coefficient (Wildman–Crippen LogP) is 2.42. The van der Waals surface area contributed by atoms with E-state index < -0.39 is 17.2 Å². The van der Waals surface area contributed by atoms with Crippen LogP contribution in [-0.4, -0.2) is 31.0 Å². The molecule has 0 amide bonds. The fourth-order valence-corrected chi connectivity index (χ4v) is 2.48. The average Bonchev–Trinajstić information content (AvgIpc) is 2.61. The Morgan fingerprint density at radius 2 is 1.64 bits per heavy atom. The van der Waals surface area contributed by atoms with Gasteiger partial charge in [0.1, 0.15) is 7.11 Å². The van der Waals surface area contributed by atoms with Gasteiger partial charge in [0.05, 0.1) is 25.1 Å². The highest BCUT2D eigenvalue weighted by atomic mass is 19.1. The van der Waals surface area contributed by atoms with E-state index in [1.165, 1.54) is 45.6 Å². The predicted molar refractivity (Wildman–Crippen MR) is 87.0 cm³/mol. The van der Waals surface area contributed by atoms with Gasteiger partial charge in [0.2, 0.25) is 0 Å². The standard InChI is InChI=1S/C17H14F2N2O4/c1-23-14-6-9(4-5-11(14)18)16-20-13-8-12(19)15(24-2)7-10(13)17(22)21(16)25-3/h4-8H,1-3H3. The fourth-order valence-electron chi connectivity index (χ4n) is 2.48. The first-order chi connectivity index (χ1) is 12.0. The summed E-state index contributed by atoms with van der Waals surface area (Å²) in [7, 11) is 3.91. The van der Waals surface area contributed by atoms with Crippen LogP contribution < -0.4 is 19.9 Å². The second kappa shape index (κ2) is 6.39. The summed E-state index contributed by atoms with van der Waals surface area (Å²) in [6.07, 6.45) is 0. The molecular weight excluding hydrogens is 334 g/mol. The molecule has 0 saturated carbocycles. The highest BCUT2D eigenvalue weighted by Crippen LogP contribution is 2.27. The van der Waals surface area contributed by atoms with Gasteiger partial charge in [0, 0.05) is 11.6 Å². The second-order valence-electron chi connectivity index (χ2n) is 5.07. The first-order valence-corrected chi connectivity index (χ1v) is 7.18. The van der Waals surface area contributed by atoms with Gasteiger partial charge in [0.15, 0.2) is 29.0 Å². The summed E-state index contributed by atoms with van der Waals surface area (Å²) in [5.74, 6) is -1.22. The summed E-state index contributed by atoms with van der Waals surface area (Å²) < 4.78 is 38.4. The molecule has 0 aliphatic rings. The third-order valence-corrected chi connectivity index (χ3v) is 3.70. The van der Waals surface area contributed by atoms with Crippen molar-refractivity contribution in [1.82, 2.24) is 9.71 Å². The van der Waals surface area contributed by atoms with Crippen LogP contribution in [0.25, 0.3) is 22.3 Å². The molecule has 3 rings (SSSR count). The summed E-state index contributed by atoms with van der Waals surface area (Å²) in [5, 5.41) is 0.123. The minimum Gasteiger partial charge on any atom is -0.494 e. The molecule has 0 radical (unpaired) electrons. The van der Waals surface area contributed by atoms with Crippen molar-refractivity contribution >= 4 is 10.9 Å². The number of methoxy groups -OCH3 is 2. The van der Waals surface area contributed by atoms with E-state index in [4.69, 9.17) is 14.3 Å². The number of hydrogen-bond donors (Lipinski definition) is 0. The number of hydrogen-bond acceptors (Lipinski definition) is 5. The lowest BCUT2D eigenvalue weighted by Crippen LogP contribution is -2.27. The zero-order valence-electron chi connectivity index (χ0n) is 13.7. The fraction of sp³-hybridized carbons (Fsp3) is 0.176. The lowest BCUT2D eigenvalue weighted by atomic mass is 10.1. The first kappa shape index (κ1) is 16.7. The van der Waals surface area contributed by atoms with E-state index in [9.17, 15) is 13.6 Å². The van der Waals surface area contributed by atoms with E-state index in [0.717, 1.165) is 10.8 Å². The smallest absolute Gasteiger partial charge is 0.294 e. The molecule has 0 aliphatic heterocycles. The lowest BCUT2D eigenvalue weighted by Gasteiger charge is -2.13. The summed E-state index contributed by atoms with van der Waals surface area (Å²) in [5.41, 5.74) is -0.0608. The van der Waals surface area contributed by atoms with Crippen molar-refractivity contribution in [3.8, 4) is 22.9 Å². The van der Waals surface area contributed by atoms with Gasteiger partial charge in [-0.15, -0.1) is 4.73 Å². The molecular formula is C17H14F2N2O4. The molecule has 1 aromatic heterocycles. The Labute approximate surface area is 141 Å². The summed E-state index contributed by atoms with van der Waals surface area (Å²) >= 11 is 0. The second-order valence-corrected chi connectivity index (χ2v) is 5.07. The largest absolute Gasteiger partial charge is 0.494 e. The van der Waals surface area contributed by atoms with Gasteiger partial charge in [-0.25, -0.2) is 13.8 Å². The van der Waals surface area contributed by atoms with Crippen molar-refractivity contribution in [3.63, 3.8) is 0 Å². The molecule has 3 aromatic rings. The molecule has 0 N–H and O–H groups in total. The van der Waals surface area contributed by atoms with Crippen LogP contribution in [0.4, 0.5) is 8.78 Å². The van der Waals surface area contributed by atoms with Crippen molar-refractivity contribution in [1.29, 1.82) is 0 Å². The molecule has 6 nitrogen and oxygen atoms in total. The molecule has 0 fully saturated rings. The quantitative estimate of drug-likeness (QED) is 0.725. The summed E-state index contributed by atoms with van der Waals surface area (Å²) in [6.45, 7) is 0. The zero-order valence-corrected chi connectivity index (χ0v) is 13.7. The van der Waals surface area contributed by atoms with Gasteiger partial charge in [-0.3, -0.25) is 4.79 Å². The SMILES string of the molecule is COc1cc(-c2nc3cc(F)c(OC)cc3c(=O)n2OC)ccc1F. The van der Waals surface area contributed by atoms with Gasteiger partial charge in [-0.05, 0) is 24.3 Å². The van der Waals surface area contributed by atoms with Gasteiger partial charge in [0.25, 0.3) is 5.56 Å². The van der Waals surface area contributed by atoms with Crippen molar-refractivity contribution in [2.45, 2.75) is 0 Å². The van der Waals surface area contributed by atoms with Gasteiger partial charge in [-0.2, -0.15) is 0 Å². The van der Waals surface area contributed by atoms with Gasteiger partial charge < -0.3 is 14.3 Å². The number of ether oxygens (including phenoxy) is 2. The highest BCUT2D eigenvalue weighted by molar-refractivity contribution is 5.81. The summed E-state index contributed by atoms with van der Waals surface area (Å²) in [4.78, 5) is 22.1. The third kappa shape index (κ3) is 2.75. The van der Waals surface area contributed by atoms with Crippen molar-refractivity contribution in [2.75, 3.05) is 21.3 Å². The Hall–Kier alpha value is -3.16. The molecule has 0 aliphatic carbocycles. The van der Waals surface area contributed by atoms with E-state index in [2.05, 4.69) is 4.98 Å². The molecule has 8 heteroatoms. The number of nitrogens with zero attached hydrogens (tertiary/aromatic N) is 2. The highest BCUT2D eigenvalue weighted by Gasteiger charge is 2.17. The zero-order chi connectivity index (χ0) is 18.1. The molecule has 25 heavy (non-hydrogen) atoms. The monoisotopic (exact) mass is 348 g/mol. The van der Waals surface area contributed by atoms with E-state index in [1.807, 2.05) is 0 Å². The maximum Gasteiger partial charge on any atom is 0.294 e. The lowest BCUT2D eigenvalue weighted by molar-refractivity contribution is 0.160. The van der Waals surface area contributed by atoms with E-state index in [1.54, 1.807) is 0 Å². The number of benzene rings is 2. The third-order valence-electron chi connectivity index (χ3n) is 3.70. The Bertz CT molecular complexity index is 1020. The number of rotatable bonds is 4. The van der Waals surface area contributed by atoms with Crippen LogP contribution in [0.2, 0.25) is 0 Å². The van der Waals surface area contributed by atoms with Crippen LogP contribution in [0.1, 0.15) is 0 Å². The van der Waals surface area contributed by atoms with Crippen LogP contribution in [0.3, 0.4) is 0 Å². The number of halogens is 2. The van der Waals surface area contributed by atoms with Gasteiger partial charge in [-0.1, -0.05) is 0 Å². The van der Waals surface area contributed by atoms with Crippen LogP contribution in [-0.2, 0) is 0 Å². The van der Waals surface area contributed by atoms with Crippen molar-refractivity contribution in [3.05, 3.63) is 52.3 Å². The van der Waals surface area contributed by atoms with Crippen LogP contribution in [0, 0.1) is 11.6 Å². The minimum absolute atomic E-state index is 0.0181. The maximum absolute atomic E-state index is 14.0. The summed E-state index contributed by atoms with van der Waals surface area (Å²) in [6, 6.07) is 6.32. The topological polar surface area (TPSA) is 62.6 Å². The Balaban J connectivity index is 2.34. The molecule has 0 bridgehead atoms. The Kier molecular flexibility index (Phi) is 4.26. The molecule has 0 saturated heterocycles. The van der Waals surface area contributed by atoms with Crippen LogP contribution in [0.15, 0.2) is 35.1 Å². The molecule has 1 heterocycles. The van der Waals surface area contributed by atoms with E-state index in [-0.39, 0.29) is 28.2 Å². The number of aromatic nitrogens is 2. The van der Waals surface area contributed by atoms with Crippen molar-refractivity contribution in [2.24, 2.45) is 0 Å². The maximum atomic E-state index is 14.0. The van der Waals surface area contributed by atoms with Crippen LogP contribution >= 0.6 is 0 Å².